The van der Waals surface area contributed by atoms with Gasteiger partial charge < -0.3 is 14.7 Å². The minimum Gasteiger partial charge on any atom is -0.378 e. The maximum absolute atomic E-state index is 4.70. The van der Waals surface area contributed by atoms with Gasteiger partial charge in [-0.1, -0.05) is 17.3 Å². The van der Waals surface area contributed by atoms with E-state index in [9.17, 15) is 0 Å². The first kappa shape index (κ1) is 13.5. The molecule has 2 aromatic rings. The summed E-state index contributed by atoms with van der Waals surface area (Å²) in [5.74, 6) is 0.739. The molecular weight excluding hydrogens is 240 g/mol. The van der Waals surface area contributed by atoms with Crippen LogP contribution in [0.3, 0.4) is 0 Å². The summed E-state index contributed by atoms with van der Waals surface area (Å²) in [6, 6.07) is 8.88. The molecule has 0 aliphatic heterocycles. The summed E-state index contributed by atoms with van der Waals surface area (Å²) in [6.07, 6.45) is 2.13. The number of hydrogen-bond acceptors (Lipinski definition) is 5. The van der Waals surface area contributed by atoms with Gasteiger partial charge in [-0.3, -0.25) is 0 Å². The molecule has 0 bridgehead atoms. The summed E-state index contributed by atoms with van der Waals surface area (Å²) < 4.78 is 4.70. The SMILES string of the molecule is CC(NCCc1ncon1)c1ccc(N(C)C)cc1. The summed E-state index contributed by atoms with van der Waals surface area (Å²) in [5.41, 5.74) is 2.49. The lowest BCUT2D eigenvalue weighted by atomic mass is 10.1. The molecule has 1 heterocycles. The monoisotopic (exact) mass is 260 g/mol. The third-order valence-electron chi connectivity index (χ3n) is 3.12. The highest BCUT2D eigenvalue weighted by molar-refractivity contribution is 5.46. The van der Waals surface area contributed by atoms with Crippen molar-refractivity contribution >= 4 is 5.69 Å². The van der Waals surface area contributed by atoms with Crippen molar-refractivity contribution in [2.45, 2.75) is 19.4 Å². The molecule has 0 aliphatic carbocycles. The highest BCUT2D eigenvalue weighted by Crippen LogP contribution is 2.17. The number of hydrogen-bond donors (Lipinski definition) is 1. The summed E-state index contributed by atoms with van der Waals surface area (Å²) in [7, 11) is 4.09. The van der Waals surface area contributed by atoms with Gasteiger partial charge in [0.1, 0.15) is 0 Å². The zero-order chi connectivity index (χ0) is 13.7. The third kappa shape index (κ3) is 3.79. The molecule has 0 fully saturated rings. The average molecular weight is 260 g/mol. The Morgan fingerprint density at radius 2 is 2.00 bits per heavy atom. The fourth-order valence-electron chi connectivity index (χ4n) is 1.88. The van der Waals surface area contributed by atoms with E-state index in [1.165, 1.54) is 17.6 Å². The number of rotatable bonds is 6. The Hall–Kier alpha value is -1.88. The highest BCUT2D eigenvalue weighted by atomic mass is 16.5. The summed E-state index contributed by atoms with van der Waals surface area (Å²) >= 11 is 0. The lowest BCUT2D eigenvalue weighted by molar-refractivity contribution is 0.408. The van der Waals surface area contributed by atoms with Crippen LogP contribution in [-0.2, 0) is 6.42 Å². The van der Waals surface area contributed by atoms with Gasteiger partial charge in [-0.25, -0.2) is 0 Å². The molecule has 5 heteroatoms. The van der Waals surface area contributed by atoms with Gasteiger partial charge >= 0.3 is 0 Å². The molecule has 1 aromatic carbocycles. The molecule has 1 N–H and O–H groups in total. The van der Waals surface area contributed by atoms with Crippen LogP contribution in [0, 0.1) is 0 Å². The van der Waals surface area contributed by atoms with Crippen LogP contribution >= 0.6 is 0 Å². The van der Waals surface area contributed by atoms with Gasteiger partial charge in [0, 0.05) is 38.8 Å². The lowest BCUT2D eigenvalue weighted by Gasteiger charge is -2.16. The Morgan fingerprint density at radius 1 is 1.26 bits per heavy atom. The van der Waals surface area contributed by atoms with Crippen LogP contribution in [0.5, 0.6) is 0 Å². The predicted octanol–water partition coefficient (Wildman–Crippen LogP) is 2.03. The molecule has 1 atom stereocenters. The first-order valence-corrected chi connectivity index (χ1v) is 6.42. The summed E-state index contributed by atoms with van der Waals surface area (Å²) in [6.45, 7) is 2.98. The molecule has 102 valence electrons. The second-order valence-corrected chi connectivity index (χ2v) is 4.76. The van der Waals surface area contributed by atoms with Crippen LogP contribution < -0.4 is 10.2 Å². The molecule has 2 rings (SSSR count). The highest BCUT2D eigenvalue weighted by Gasteiger charge is 2.06. The minimum absolute atomic E-state index is 0.308. The zero-order valence-corrected chi connectivity index (χ0v) is 11.6. The number of nitrogens with one attached hydrogen (secondary N) is 1. The molecule has 0 saturated carbocycles. The van der Waals surface area contributed by atoms with Gasteiger partial charge in [0.05, 0.1) is 0 Å². The average Bonchev–Trinajstić information content (AvgIpc) is 2.92. The maximum atomic E-state index is 4.70. The van der Waals surface area contributed by atoms with Crippen molar-refractivity contribution in [1.29, 1.82) is 0 Å². The maximum Gasteiger partial charge on any atom is 0.213 e. The van der Waals surface area contributed by atoms with Crippen LogP contribution in [0.1, 0.15) is 24.4 Å². The van der Waals surface area contributed by atoms with Crippen molar-refractivity contribution in [3.8, 4) is 0 Å². The lowest BCUT2D eigenvalue weighted by Crippen LogP contribution is -2.21. The van der Waals surface area contributed by atoms with E-state index in [4.69, 9.17) is 4.52 Å². The van der Waals surface area contributed by atoms with Gasteiger partial charge in [0.2, 0.25) is 6.39 Å². The molecule has 1 unspecified atom stereocenters. The number of aromatic nitrogens is 2. The molecule has 0 spiro atoms. The number of anilines is 1. The van der Waals surface area contributed by atoms with Crippen LogP contribution in [0.4, 0.5) is 5.69 Å². The van der Waals surface area contributed by atoms with E-state index in [-0.39, 0.29) is 0 Å². The normalized spacial score (nSPS) is 12.4. The Balaban J connectivity index is 1.83. The summed E-state index contributed by atoms with van der Waals surface area (Å²) in [5, 5.41) is 7.24. The van der Waals surface area contributed by atoms with E-state index >= 15 is 0 Å². The zero-order valence-electron chi connectivity index (χ0n) is 11.6. The van der Waals surface area contributed by atoms with Gasteiger partial charge in [0.15, 0.2) is 5.82 Å². The van der Waals surface area contributed by atoms with Crippen molar-refractivity contribution < 1.29 is 4.52 Å². The molecule has 0 saturated heterocycles. The standard InChI is InChI=1S/C14H20N4O/c1-11(15-9-8-14-16-10-19-17-14)12-4-6-13(7-5-12)18(2)3/h4-7,10-11,15H,8-9H2,1-3H3. The second-order valence-electron chi connectivity index (χ2n) is 4.76. The quantitative estimate of drug-likeness (QED) is 0.861. The van der Waals surface area contributed by atoms with Crippen LogP contribution in [0.25, 0.3) is 0 Å². The first-order valence-electron chi connectivity index (χ1n) is 6.42. The third-order valence-corrected chi connectivity index (χ3v) is 3.12. The van der Waals surface area contributed by atoms with E-state index in [2.05, 4.69) is 51.5 Å². The van der Waals surface area contributed by atoms with Gasteiger partial charge in [-0.2, -0.15) is 4.98 Å². The number of benzene rings is 1. The Kier molecular flexibility index (Phi) is 4.52. The van der Waals surface area contributed by atoms with Crippen LogP contribution in [0.2, 0.25) is 0 Å². The van der Waals surface area contributed by atoms with Crippen LogP contribution in [0.15, 0.2) is 35.2 Å². The van der Waals surface area contributed by atoms with Crippen molar-refractivity contribution in [3.05, 3.63) is 42.0 Å². The van der Waals surface area contributed by atoms with Gasteiger partial charge in [-0.05, 0) is 24.6 Å². The smallest absolute Gasteiger partial charge is 0.213 e. The van der Waals surface area contributed by atoms with E-state index in [0.717, 1.165) is 18.8 Å². The van der Waals surface area contributed by atoms with E-state index in [1.807, 2.05) is 14.1 Å². The largest absolute Gasteiger partial charge is 0.378 e. The van der Waals surface area contributed by atoms with Crippen molar-refractivity contribution in [2.75, 3.05) is 25.5 Å². The molecule has 19 heavy (non-hydrogen) atoms. The first-order chi connectivity index (χ1) is 9.16. The van der Waals surface area contributed by atoms with Crippen molar-refractivity contribution in [1.82, 2.24) is 15.5 Å². The second kappa shape index (κ2) is 6.33. The fourth-order valence-corrected chi connectivity index (χ4v) is 1.88. The minimum atomic E-state index is 0.308. The molecule has 0 amide bonds. The topological polar surface area (TPSA) is 54.2 Å². The van der Waals surface area contributed by atoms with Crippen molar-refractivity contribution in [2.24, 2.45) is 0 Å². The Labute approximate surface area is 113 Å². The fraction of sp³-hybridized carbons (Fsp3) is 0.429. The molecule has 5 nitrogen and oxygen atoms in total. The van der Waals surface area contributed by atoms with Gasteiger partial charge in [-0.15, -0.1) is 0 Å². The molecular formula is C14H20N4O. The van der Waals surface area contributed by atoms with Crippen molar-refractivity contribution in [3.63, 3.8) is 0 Å². The summed E-state index contributed by atoms with van der Waals surface area (Å²) in [4.78, 5) is 6.09. The molecule has 1 aromatic heterocycles. The van der Waals surface area contributed by atoms with Gasteiger partial charge in [0.25, 0.3) is 0 Å². The predicted molar refractivity (Wildman–Crippen MR) is 75.2 cm³/mol. The Morgan fingerprint density at radius 3 is 2.58 bits per heavy atom. The van der Waals surface area contributed by atoms with E-state index in [1.54, 1.807) is 0 Å². The number of nitrogens with zero attached hydrogens (tertiary/aromatic N) is 3. The molecule has 0 aliphatic rings. The van der Waals surface area contributed by atoms with E-state index in [0.29, 0.717) is 6.04 Å². The Bertz CT molecular complexity index is 479. The van der Waals surface area contributed by atoms with E-state index < -0.39 is 0 Å². The molecule has 0 radical (unpaired) electrons. The van der Waals surface area contributed by atoms with Crippen LogP contribution in [-0.4, -0.2) is 30.8 Å².